The zero-order valence-electron chi connectivity index (χ0n) is 20.2. The van der Waals surface area contributed by atoms with Gasteiger partial charge in [-0.25, -0.2) is 8.42 Å². The van der Waals surface area contributed by atoms with Crippen LogP contribution < -0.4 is 14.8 Å². The topological polar surface area (TPSA) is 88.2 Å². The molecule has 1 saturated heterocycles. The maximum Gasteiger partial charge on any atom is 0.243 e. The van der Waals surface area contributed by atoms with Crippen LogP contribution in [0.15, 0.2) is 47.4 Å². The highest BCUT2D eigenvalue weighted by Gasteiger charge is 2.29. The molecular formula is C25H35N3O5S. The molecule has 186 valence electrons. The van der Waals surface area contributed by atoms with Gasteiger partial charge < -0.3 is 14.8 Å². The van der Waals surface area contributed by atoms with E-state index < -0.39 is 10.0 Å². The van der Waals surface area contributed by atoms with E-state index >= 15 is 0 Å². The third-order valence-electron chi connectivity index (χ3n) is 5.98. The lowest BCUT2D eigenvalue weighted by atomic mass is 10.1. The summed E-state index contributed by atoms with van der Waals surface area (Å²) in [6, 6.07) is 12.9. The second kappa shape index (κ2) is 12.2. The Morgan fingerprint density at radius 2 is 1.56 bits per heavy atom. The lowest BCUT2D eigenvalue weighted by Gasteiger charge is -2.33. The van der Waals surface area contributed by atoms with Crippen LogP contribution >= 0.6 is 0 Å². The Bertz CT molecular complexity index is 1050. The van der Waals surface area contributed by atoms with Crippen molar-refractivity contribution in [2.45, 2.75) is 31.1 Å². The van der Waals surface area contributed by atoms with Gasteiger partial charge in [0.25, 0.3) is 0 Å². The fraction of sp³-hybridized carbons (Fsp3) is 0.480. The van der Waals surface area contributed by atoms with Gasteiger partial charge in [0.05, 0.1) is 25.7 Å². The zero-order valence-corrected chi connectivity index (χ0v) is 21.1. The standard InChI is InChI=1S/C25H35N3O5S/c1-4-5-20-6-9-22(10-7-20)34(30,31)28-16-14-27(15-17-28)19-25(29)26-13-12-21-8-11-23(32-2)24(18-21)33-3/h6-11,18H,4-5,12-17,19H2,1-3H3,(H,26,29). The van der Waals surface area contributed by atoms with Crippen LogP contribution in [-0.4, -0.2) is 77.0 Å². The molecule has 0 bridgehead atoms. The van der Waals surface area contributed by atoms with Gasteiger partial charge in [-0.2, -0.15) is 4.31 Å². The van der Waals surface area contributed by atoms with Gasteiger partial charge in [0.15, 0.2) is 11.5 Å². The molecule has 9 heteroatoms. The molecule has 34 heavy (non-hydrogen) atoms. The molecule has 3 rings (SSSR count). The van der Waals surface area contributed by atoms with E-state index in [1.807, 2.05) is 35.2 Å². The summed E-state index contributed by atoms with van der Waals surface area (Å²) in [5.41, 5.74) is 2.18. The second-order valence-corrected chi connectivity index (χ2v) is 10.3. The Morgan fingerprint density at radius 3 is 2.18 bits per heavy atom. The summed E-state index contributed by atoms with van der Waals surface area (Å²) in [6.07, 6.45) is 2.64. The predicted molar refractivity (Wildman–Crippen MR) is 132 cm³/mol. The van der Waals surface area contributed by atoms with Crippen molar-refractivity contribution < 1.29 is 22.7 Å². The number of nitrogens with one attached hydrogen (secondary N) is 1. The zero-order chi connectivity index (χ0) is 24.6. The monoisotopic (exact) mass is 489 g/mol. The fourth-order valence-electron chi connectivity index (χ4n) is 4.04. The molecule has 1 aliphatic rings. The molecule has 1 heterocycles. The molecule has 0 aromatic heterocycles. The fourth-order valence-corrected chi connectivity index (χ4v) is 5.46. The SMILES string of the molecule is CCCc1ccc(S(=O)(=O)N2CCN(CC(=O)NCCc3ccc(OC)c(OC)c3)CC2)cc1. The molecule has 0 spiro atoms. The molecule has 1 aliphatic heterocycles. The molecule has 2 aromatic rings. The van der Waals surface area contributed by atoms with E-state index in [0.717, 1.165) is 24.0 Å². The third-order valence-corrected chi connectivity index (χ3v) is 7.89. The Labute approximate surface area is 202 Å². The van der Waals surface area contributed by atoms with Crippen molar-refractivity contribution in [1.82, 2.24) is 14.5 Å². The van der Waals surface area contributed by atoms with E-state index in [2.05, 4.69) is 12.2 Å². The number of ether oxygens (including phenoxy) is 2. The van der Waals surface area contributed by atoms with Crippen LogP contribution in [0.5, 0.6) is 11.5 Å². The molecular weight excluding hydrogens is 454 g/mol. The summed E-state index contributed by atoms with van der Waals surface area (Å²) in [5.74, 6) is 1.27. The van der Waals surface area contributed by atoms with Gasteiger partial charge in [0.2, 0.25) is 15.9 Å². The molecule has 0 atom stereocenters. The van der Waals surface area contributed by atoms with Crippen molar-refractivity contribution in [2.24, 2.45) is 0 Å². The number of hydrogen-bond donors (Lipinski definition) is 1. The van der Waals surface area contributed by atoms with Crippen molar-refractivity contribution in [2.75, 3.05) is 53.5 Å². The van der Waals surface area contributed by atoms with E-state index in [1.165, 1.54) is 4.31 Å². The number of aryl methyl sites for hydroxylation is 1. The number of carbonyl (C=O) groups is 1. The minimum absolute atomic E-state index is 0.0664. The van der Waals surface area contributed by atoms with E-state index in [1.54, 1.807) is 26.4 Å². The molecule has 1 N–H and O–H groups in total. The highest BCUT2D eigenvalue weighted by Crippen LogP contribution is 2.27. The molecule has 1 fully saturated rings. The Morgan fingerprint density at radius 1 is 0.912 bits per heavy atom. The van der Waals surface area contributed by atoms with E-state index in [-0.39, 0.29) is 12.5 Å². The van der Waals surface area contributed by atoms with E-state index in [0.29, 0.717) is 55.5 Å². The molecule has 0 unspecified atom stereocenters. The first kappa shape index (κ1) is 26.0. The second-order valence-electron chi connectivity index (χ2n) is 8.36. The van der Waals surface area contributed by atoms with Crippen LogP contribution in [0.4, 0.5) is 0 Å². The number of benzene rings is 2. The summed E-state index contributed by atoms with van der Waals surface area (Å²) in [4.78, 5) is 14.7. The van der Waals surface area contributed by atoms with Crippen molar-refractivity contribution in [3.63, 3.8) is 0 Å². The van der Waals surface area contributed by atoms with Gasteiger partial charge in [0.1, 0.15) is 0 Å². The van der Waals surface area contributed by atoms with Crippen LogP contribution in [0, 0.1) is 0 Å². The molecule has 0 saturated carbocycles. The van der Waals surface area contributed by atoms with Crippen LogP contribution in [0.2, 0.25) is 0 Å². The van der Waals surface area contributed by atoms with E-state index in [9.17, 15) is 13.2 Å². The summed E-state index contributed by atoms with van der Waals surface area (Å²) >= 11 is 0. The number of amides is 1. The average Bonchev–Trinajstić information content (AvgIpc) is 2.85. The van der Waals surface area contributed by atoms with Crippen LogP contribution in [-0.2, 0) is 27.7 Å². The summed E-state index contributed by atoms with van der Waals surface area (Å²) < 4.78 is 38.0. The largest absolute Gasteiger partial charge is 0.493 e. The highest BCUT2D eigenvalue weighted by molar-refractivity contribution is 7.89. The van der Waals surface area contributed by atoms with Crippen molar-refractivity contribution in [3.8, 4) is 11.5 Å². The Kier molecular flexibility index (Phi) is 9.32. The van der Waals surface area contributed by atoms with Gasteiger partial charge in [-0.15, -0.1) is 0 Å². The minimum Gasteiger partial charge on any atom is -0.493 e. The van der Waals surface area contributed by atoms with Gasteiger partial charge in [-0.3, -0.25) is 9.69 Å². The number of piperazine rings is 1. The smallest absolute Gasteiger partial charge is 0.243 e. The van der Waals surface area contributed by atoms with Crippen LogP contribution in [0.3, 0.4) is 0 Å². The third kappa shape index (κ3) is 6.71. The van der Waals surface area contributed by atoms with Crippen molar-refractivity contribution in [3.05, 3.63) is 53.6 Å². The first-order valence-corrected chi connectivity index (χ1v) is 13.1. The van der Waals surface area contributed by atoms with Crippen molar-refractivity contribution in [1.29, 1.82) is 0 Å². The summed E-state index contributed by atoms with van der Waals surface area (Å²) in [5, 5.41) is 2.94. The number of sulfonamides is 1. The molecule has 2 aromatic carbocycles. The lowest BCUT2D eigenvalue weighted by molar-refractivity contribution is -0.122. The Balaban J connectivity index is 1.43. The first-order valence-electron chi connectivity index (χ1n) is 11.7. The van der Waals surface area contributed by atoms with Crippen LogP contribution in [0.25, 0.3) is 0 Å². The van der Waals surface area contributed by atoms with Gasteiger partial charge >= 0.3 is 0 Å². The number of hydrogen-bond acceptors (Lipinski definition) is 6. The molecule has 0 aliphatic carbocycles. The lowest BCUT2D eigenvalue weighted by Crippen LogP contribution is -2.51. The van der Waals surface area contributed by atoms with E-state index in [4.69, 9.17) is 9.47 Å². The average molecular weight is 490 g/mol. The summed E-state index contributed by atoms with van der Waals surface area (Å²) in [7, 11) is -0.325. The molecule has 1 amide bonds. The summed E-state index contributed by atoms with van der Waals surface area (Å²) in [6.45, 7) is 4.66. The number of carbonyl (C=O) groups excluding carboxylic acids is 1. The normalized spacial score (nSPS) is 15.1. The molecule has 8 nitrogen and oxygen atoms in total. The first-order chi connectivity index (χ1) is 16.4. The number of methoxy groups -OCH3 is 2. The van der Waals surface area contributed by atoms with Gasteiger partial charge in [-0.05, 0) is 48.2 Å². The maximum absolute atomic E-state index is 13.0. The number of nitrogens with zero attached hydrogens (tertiary/aromatic N) is 2. The predicted octanol–water partition coefficient (Wildman–Crippen LogP) is 2.32. The molecule has 0 radical (unpaired) electrons. The van der Waals surface area contributed by atoms with Gasteiger partial charge in [0, 0.05) is 32.7 Å². The van der Waals surface area contributed by atoms with Crippen LogP contribution in [0.1, 0.15) is 24.5 Å². The minimum atomic E-state index is -3.51. The van der Waals surface area contributed by atoms with Crippen molar-refractivity contribution >= 4 is 15.9 Å². The Hall–Kier alpha value is -2.62. The quantitative estimate of drug-likeness (QED) is 0.521. The van der Waals surface area contributed by atoms with Gasteiger partial charge in [-0.1, -0.05) is 31.5 Å². The maximum atomic E-state index is 13.0. The highest BCUT2D eigenvalue weighted by atomic mass is 32.2. The number of rotatable bonds is 11.